The summed E-state index contributed by atoms with van der Waals surface area (Å²) in [4.78, 5) is 12.1. The Morgan fingerprint density at radius 3 is 2.86 bits per heavy atom. The van der Waals surface area contributed by atoms with E-state index in [1.165, 1.54) is 0 Å². The highest BCUT2D eigenvalue weighted by Gasteiger charge is 2.33. The molecule has 1 aliphatic carbocycles. The maximum absolute atomic E-state index is 12.1. The molecule has 2 aliphatic rings. The van der Waals surface area contributed by atoms with Gasteiger partial charge in [0.2, 0.25) is 5.91 Å². The molecule has 3 rings (SSSR count). The smallest absolute Gasteiger partial charge is 0.223 e. The number of fused-ring (bicyclic) bond motifs is 1. The minimum absolute atomic E-state index is 0.0377. The van der Waals surface area contributed by atoms with Crippen LogP contribution in [-0.2, 0) is 4.79 Å². The van der Waals surface area contributed by atoms with E-state index in [-0.39, 0.29) is 23.9 Å². The highest BCUT2D eigenvalue weighted by atomic mass is 16.5. The van der Waals surface area contributed by atoms with E-state index >= 15 is 0 Å². The first-order valence-electron chi connectivity index (χ1n) is 7.93. The van der Waals surface area contributed by atoms with Crippen LogP contribution in [0.5, 0.6) is 5.75 Å². The van der Waals surface area contributed by atoms with Gasteiger partial charge in [-0.25, -0.2) is 0 Å². The first-order valence-corrected chi connectivity index (χ1v) is 7.93. The van der Waals surface area contributed by atoms with Gasteiger partial charge in [0, 0.05) is 23.9 Å². The summed E-state index contributed by atoms with van der Waals surface area (Å²) in [6.45, 7) is 4.79. The lowest BCUT2D eigenvalue weighted by Crippen LogP contribution is -2.33. The van der Waals surface area contributed by atoms with Crippen LogP contribution in [0.15, 0.2) is 12.1 Å². The Morgan fingerprint density at radius 1 is 1.43 bits per heavy atom. The molecule has 0 spiro atoms. The largest absolute Gasteiger partial charge is 0.493 e. The number of carbonyl (C=O) groups is 1. The normalized spacial score (nSPS) is 22.1. The predicted octanol–water partition coefficient (Wildman–Crippen LogP) is 2.75. The lowest BCUT2D eigenvalue weighted by Gasteiger charge is -2.29. The highest BCUT2D eigenvalue weighted by Crippen LogP contribution is 2.38. The third-order valence-electron chi connectivity index (χ3n) is 4.49. The van der Waals surface area contributed by atoms with Gasteiger partial charge in [-0.15, -0.1) is 0 Å². The maximum Gasteiger partial charge on any atom is 0.223 e. The van der Waals surface area contributed by atoms with Crippen LogP contribution in [0.25, 0.3) is 0 Å². The van der Waals surface area contributed by atoms with Crippen LogP contribution in [0.2, 0.25) is 0 Å². The number of hydrogen-bond donors (Lipinski definition) is 2. The van der Waals surface area contributed by atoms with Crippen molar-refractivity contribution >= 4 is 5.91 Å². The standard InChI is InChI=1S/C17H24N2O2/c1-3-14(18)12-8-10(2)16-13(9-12)15(6-7-21-16)19-17(20)11-4-5-11/h8-9,11,14-15H,3-7,18H2,1-2H3,(H,19,20). The number of benzene rings is 1. The van der Waals surface area contributed by atoms with Crippen molar-refractivity contribution in [1.29, 1.82) is 0 Å². The number of aryl methyl sites for hydroxylation is 1. The van der Waals surface area contributed by atoms with Crippen molar-refractivity contribution < 1.29 is 9.53 Å². The van der Waals surface area contributed by atoms with Gasteiger partial charge < -0.3 is 15.8 Å². The second-order valence-electron chi connectivity index (χ2n) is 6.24. The first-order chi connectivity index (χ1) is 10.1. The number of amides is 1. The molecule has 1 fully saturated rings. The molecule has 1 aliphatic heterocycles. The van der Waals surface area contributed by atoms with Crippen molar-refractivity contribution in [2.75, 3.05) is 6.61 Å². The molecule has 21 heavy (non-hydrogen) atoms. The Bertz CT molecular complexity index is 552. The van der Waals surface area contributed by atoms with E-state index in [4.69, 9.17) is 10.5 Å². The van der Waals surface area contributed by atoms with Crippen LogP contribution >= 0.6 is 0 Å². The molecule has 0 radical (unpaired) electrons. The second kappa shape index (κ2) is 5.68. The Kier molecular flexibility index (Phi) is 3.89. The Labute approximate surface area is 126 Å². The minimum atomic E-state index is 0.0377. The van der Waals surface area contributed by atoms with E-state index in [0.29, 0.717) is 6.61 Å². The van der Waals surface area contributed by atoms with Crippen LogP contribution in [0.1, 0.15) is 61.4 Å². The van der Waals surface area contributed by atoms with Crippen LogP contribution in [0, 0.1) is 12.8 Å². The van der Waals surface area contributed by atoms with Gasteiger partial charge in [-0.2, -0.15) is 0 Å². The van der Waals surface area contributed by atoms with Crippen molar-refractivity contribution in [3.63, 3.8) is 0 Å². The third-order valence-corrected chi connectivity index (χ3v) is 4.49. The number of rotatable bonds is 4. The van der Waals surface area contributed by atoms with Gasteiger partial charge in [0.05, 0.1) is 12.6 Å². The zero-order valence-electron chi connectivity index (χ0n) is 12.8. The van der Waals surface area contributed by atoms with Crippen molar-refractivity contribution in [3.05, 3.63) is 28.8 Å². The highest BCUT2D eigenvalue weighted by molar-refractivity contribution is 5.81. The van der Waals surface area contributed by atoms with E-state index in [9.17, 15) is 4.79 Å². The molecule has 1 saturated carbocycles. The molecule has 3 N–H and O–H groups in total. The molecule has 1 heterocycles. The minimum Gasteiger partial charge on any atom is -0.493 e. The van der Waals surface area contributed by atoms with Crippen molar-refractivity contribution in [1.82, 2.24) is 5.32 Å². The van der Waals surface area contributed by atoms with Crippen LogP contribution < -0.4 is 15.8 Å². The van der Waals surface area contributed by atoms with Gasteiger partial charge in [0.25, 0.3) is 0 Å². The molecule has 2 atom stereocenters. The summed E-state index contributed by atoms with van der Waals surface area (Å²) in [6, 6.07) is 4.33. The van der Waals surface area contributed by atoms with Gasteiger partial charge in [-0.05, 0) is 43.4 Å². The van der Waals surface area contributed by atoms with E-state index in [1.54, 1.807) is 0 Å². The van der Waals surface area contributed by atoms with E-state index in [2.05, 4.69) is 31.3 Å². The topological polar surface area (TPSA) is 64.3 Å². The fourth-order valence-electron chi connectivity index (χ4n) is 2.96. The number of hydrogen-bond acceptors (Lipinski definition) is 3. The maximum atomic E-state index is 12.1. The number of nitrogens with two attached hydrogens (primary N) is 1. The number of ether oxygens (including phenoxy) is 1. The molecule has 4 nitrogen and oxygen atoms in total. The molecule has 1 aromatic carbocycles. The van der Waals surface area contributed by atoms with Crippen LogP contribution in [0.3, 0.4) is 0 Å². The molecule has 0 saturated heterocycles. The lowest BCUT2D eigenvalue weighted by atomic mass is 9.92. The van der Waals surface area contributed by atoms with E-state index < -0.39 is 0 Å². The average Bonchev–Trinajstić information content (AvgIpc) is 3.31. The summed E-state index contributed by atoms with van der Waals surface area (Å²) >= 11 is 0. The average molecular weight is 288 g/mol. The Morgan fingerprint density at radius 2 is 2.19 bits per heavy atom. The molecule has 0 bridgehead atoms. The molecular formula is C17H24N2O2. The Hall–Kier alpha value is -1.55. The van der Waals surface area contributed by atoms with Gasteiger partial charge in [-0.3, -0.25) is 4.79 Å². The summed E-state index contributed by atoms with van der Waals surface area (Å²) in [5.41, 5.74) is 9.50. The number of nitrogens with one attached hydrogen (secondary N) is 1. The lowest BCUT2D eigenvalue weighted by molar-refractivity contribution is -0.123. The zero-order valence-corrected chi connectivity index (χ0v) is 12.8. The summed E-state index contributed by atoms with van der Waals surface area (Å²) in [5.74, 6) is 1.35. The first kappa shape index (κ1) is 14.4. The van der Waals surface area contributed by atoms with Gasteiger partial charge in [0.15, 0.2) is 0 Å². The molecule has 114 valence electrons. The molecule has 4 heteroatoms. The summed E-state index contributed by atoms with van der Waals surface area (Å²) in [6.07, 6.45) is 3.79. The van der Waals surface area contributed by atoms with Crippen LogP contribution in [-0.4, -0.2) is 12.5 Å². The van der Waals surface area contributed by atoms with Gasteiger partial charge >= 0.3 is 0 Å². The quantitative estimate of drug-likeness (QED) is 0.895. The van der Waals surface area contributed by atoms with Crippen LogP contribution in [0.4, 0.5) is 0 Å². The third kappa shape index (κ3) is 2.91. The van der Waals surface area contributed by atoms with Crippen molar-refractivity contribution in [2.45, 2.75) is 51.6 Å². The molecule has 0 aromatic heterocycles. The summed E-state index contributed by atoms with van der Waals surface area (Å²) in [7, 11) is 0. The number of carbonyl (C=O) groups excluding carboxylic acids is 1. The zero-order chi connectivity index (χ0) is 15.0. The fraction of sp³-hybridized carbons (Fsp3) is 0.588. The summed E-state index contributed by atoms with van der Waals surface area (Å²) in [5, 5.41) is 3.19. The second-order valence-corrected chi connectivity index (χ2v) is 6.24. The molecule has 2 unspecified atom stereocenters. The predicted molar refractivity (Wildman–Crippen MR) is 82.1 cm³/mol. The van der Waals surface area contributed by atoms with Gasteiger partial charge in [-0.1, -0.05) is 13.0 Å². The van der Waals surface area contributed by atoms with Crippen molar-refractivity contribution in [3.8, 4) is 5.75 Å². The molecule has 1 aromatic rings. The SMILES string of the molecule is CCC(N)c1cc(C)c2c(c1)C(NC(=O)C1CC1)CCO2. The van der Waals surface area contributed by atoms with E-state index in [1.807, 2.05) is 0 Å². The monoisotopic (exact) mass is 288 g/mol. The fourth-order valence-corrected chi connectivity index (χ4v) is 2.96. The molecule has 1 amide bonds. The molecular weight excluding hydrogens is 264 g/mol. The van der Waals surface area contributed by atoms with Crippen molar-refractivity contribution in [2.24, 2.45) is 11.7 Å². The van der Waals surface area contributed by atoms with E-state index in [0.717, 1.165) is 48.1 Å². The Balaban J connectivity index is 1.90. The van der Waals surface area contributed by atoms with Gasteiger partial charge in [0.1, 0.15) is 5.75 Å². The summed E-state index contributed by atoms with van der Waals surface area (Å²) < 4.78 is 5.82.